The number of benzene rings is 1. The fourth-order valence-corrected chi connectivity index (χ4v) is 2.01. The van der Waals surface area contributed by atoms with Gasteiger partial charge in [-0.15, -0.1) is 0 Å². The van der Waals surface area contributed by atoms with Crippen LogP contribution >= 0.6 is 23.2 Å². The Morgan fingerprint density at radius 1 is 1.42 bits per heavy atom. The molecule has 1 amide bonds. The van der Waals surface area contributed by atoms with Gasteiger partial charge < -0.3 is 10.4 Å². The number of rotatable bonds is 5. The van der Waals surface area contributed by atoms with E-state index in [1.165, 1.54) is 0 Å². The summed E-state index contributed by atoms with van der Waals surface area (Å²) in [5.74, 6) is -0.0841. The van der Waals surface area contributed by atoms with Gasteiger partial charge in [-0.25, -0.2) is 0 Å². The molecule has 1 aromatic carbocycles. The van der Waals surface area contributed by atoms with Crippen LogP contribution in [-0.4, -0.2) is 17.6 Å². The SMILES string of the molecule is CCC(C)(C)C(=O)NCC(O)c1ccc(Cl)cc1Cl. The summed E-state index contributed by atoms with van der Waals surface area (Å²) in [7, 11) is 0. The molecule has 0 aromatic heterocycles. The largest absolute Gasteiger partial charge is 0.387 e. The average Bonchev–Trinajstić information content (AvgIpc) is 2.35. The van der Waals surface area contributed by atoms with Crippen LogP contribution in [0, 0.1) is 5.41 Å². The highest BCUT2D eigenvalue weighted by Gasteiger charge is 2.25. The maximum absolute atomic E-state index is 11.9. The highest BCUT2D eigenvalue weighted by molar-refractivity contribution is 6.35. The number of aliphatic hydroxyl groups is 1. The van der Waals surface area contributed by atoms with E-state index >= 15 is 0 Å². The van der Waals surface area contributed by atoms with Crippen LogP contribution in [0.1, 0.15) is 38.9 Å². The van der Waals surface area contributed by atoms with Gasteiger partial charge in [0.15, 0.2) is 0 Å². The predicted molar refractivity (Wildman–Crippen MR) is 78.5 cm³/mol. The van der Waals surface area contributed by atoms with E-state index in [1.54, 1.807) is 18.2 Å². The lowest BCUT2D eigenvalue weighted by Crippen LogP contribution is -2.38. The monoisotopic (exact) mass is 303 g/mol. The molecule has 2 N–H and O–H groups in total. The van der Waals surface area contributed by atoms with E-state index in [0.717, 1.165) is 6.42 Å². The molecule has 0 aliphatic rings. The van der Waals surface area contributed by atoms with Gasteiger partial charge in [-0.3, -0.25) is 4.79 Å². The lowest BCUT2D eigenvalue weighted by atomic mass is 9.89. The van der Waals surface area contributed by atoms with Crippen molar-refractivity contribution in [3.05, 3.63) is 33.8 Å². The Labute approximate surface area is 123 Å². The van der Waals surface area contributed by atoms with Crippen LogP contribution in [-0.2, 0) is 4.79 Å². The van der Waals surface area contributed by atoms with Gasteiger partial charge in [0.25, 0.3) is 0 Å². The summed E-state index contributed by atoms with van der Waals surface area (Å²) in [6.45, 7) is 5.81. The standard InChI is InChI=1S/C14H19Cl2NO2/c1-4-14(2,3)13(19)17-8-12(18)10-6-5-9(15)7-11(10)16/h5-7,12,18H,4,8H2,1-3H3,(H,17,19). The first-order chi connectivity index (χ1) is 8.77. The Morgan fingerprint density at radius 3 is 2.58 bits per heavy atom. The Morgan fingerprint density at radius 2 is 2.05 bits per heavy atom. The minimum Gasteiger partial charge on any atom is -0.387 e. The van der Waals surface area contributed by atoms with Crippen molar-refractivity contribution in [2.75, 3.05) is 6.54 Å². The molecule has 106 valence electrons. The summed E-state index contributed by atoms with van der Waals surface area (Å²) < 4.78 is 0. The van der Waals surface area contributed by atoms with Gasteiger partial charge in [-0.1, -0.05) is 50.0 Å². The van der Waals surface area contributed by atoms with E-state index in [4.69, 9.17) is 23.2 Å². The Kier molecular flexibility index (Phi) is 5.65. The van der Waals surface area contributed by atoms with Gasteiger partial charge >= 0.3 is 0 Å². The summed E-state index contributed by atoms with van der Waals surface area (Å²) in [4.78, 5) is 11.9. The highest BCUT2D eigenvalue weighted by Crippen LogP contribution is 2.26. The van der Waals surface area contributed by atoms with E-state index in [1.807, 2.05) is 20.8 Å². The Hall–Kier alpha value is -0.770. The average molecular weight is 304 g/mol. The molecular weight excluding hydrogens is 285 g/mol. The van der Waals surface area contributed by atoms with E-state index in [0.29, 0.717) is 15.6 Å². The molecule has 0 heterocycles. The van der Waals surface area contributed by atoms with Crippen LogP contribution in [0.15, 0.2) is 18.2 Å². The molecule has 0 bridgehead atoms. The van der Waals surface area contributed by atoms with Crippen molar-refractivity contribution in [2.45, 2.75) is 33.3 Å². The third-order valence-corrected chi connectivity index (χ3v) is 3.84. The topological polar surface area (TPSA) is 49.3 Å². The zero-order valence-corrected chi connectivity index (χ0v) is 12.8. The van der Waals surface area contributed by atoms with E-state index in [9.17, 15) is 9.90 Å². The maximum atomic E-state index is 11.9. The second-order valence-electron chi connectivity index (χ2n) is 5.13. The minimum absolute atomic E-state index is 0.0841. The van der Waals surface area contributed by atoms with E-state index < -0.39 is 11.5 Å². The summed E-state index contributed by atoms with van der Waals surface area (Å²) in [5, 5.41) is 13.7. The number of carbonyl (C=O) groups is 1. The summed E-state index contributed by atoms with van der Waals surface area (Å²) in [6.07, 6.45) is -0.113. The summed E-state index contributed by atoms with van der Waals surface area (Å²) in [6, 6.07) is 4.88. The van der Waals surface area contributed by atoms with Crippen LogP contribution in [0.4, 0.5) is 0 Å². The highest BCUT2D eigenvalue weighted by atomic mass is 35.5. The lowest BCUT2D eigenvalue weighted by Gasteiger charge is -2.23. The Bertz CT molecular complexity index is 461. The van der Waals surface area contributed by atoms with Crippen LogP contribution < -0.4 is 5.32 Å². The molecular formula is C14H19Cl2NO2. The van der Waals surface area contributed by atoms with Crippen LogP contribution in [0.25, 0.3) is 0 Å². The summed E-state index contributed by atoms with van der Waals surface area (Å²) in [5.41, 5.74) is 0.115. The number of carbonyl (C=O) groups excluding carboxylic acids is 1. The van der Waals surface area contributed by atoms with Crippen molar-refractivity contribution in [3.8, 4) is 0 Å². The smallest absolute Gasteiger partial charge is 0.225 e. The molecule has 0 spiro atoms. The van der Waals surface area contributed by atoms with Gasteiger partial charge in [-0.05, 0) is 18.6 Å². The molecule has 19 heavy (non-hydrogen) atoms. The minimum atomic E-state index is -0.846. The quantitative estimate of drug-likeness (QED) is 0.873. The number of hydrogen-bond acceptors (Lipinski definition) is 2. The van der Waals surface area contributed by atoms with Crippen molar-refractivity contribution in [3.63, 3.8) is 0 Å². The first-order valence-electron chi connectivity index (χ1n) is 6.19. The number of aliphatic hydroxyl groups excluding tert-OH is 1. The predicted octanol–water partition coefficient (Wildman–Crippen LogP) is 3.58. The molecule has 1 aromatic rings. The lowest BCUT2D eigenvalue weighted by molar-refractivity contribution is -0.130. The maximum Gasteiger partial charge on any atom is 0.225 e. The molecule has 0 saturated carbocycles. The molecule has 1 unspecified atom stereocenters. The molecule has 0 aliphatic heterocycles. The molecule has 1 rings (SSSR count). The van der Waals surface area contributed by atoms with Crippen LogP contribution in [0.2, 0.25) is 10.0 Å². The third-order valence-electron chi connectivity index (χ3n) is 3.28. The molecule has 0 radical (unpaired) electrons. The summed E-state index contributed by atoms with van der Waals surface area (Å²) >= 11 is 11.8. The van der Waals surface area contributed by atoms with E-state index in [-0.39, 0.29) is 12.5 Å². The van der Waals surface area contributed by atoms with Gasteiger partial charge in [0.05, 0.1) is 6.10 Å². The first-order valence-corrected chi connectivity index (χ1v) is 6.95. The van der Waals surface area contributed by atoms with Crippen LogP contribution in [0.5, 0.6) is 0 Å². The number of nitrogens with one attached hydrogen (secondary N) is 1. The van der Waals surface area contributed by atoms with Gasteiger partial charge in [0.2, 0.25) is 5.91 Å². The second kappa shape index (κ2) is 6.60. The molecule has 0 fully saturated rings. The van der Waals surface area contributed by atoms with Crippen molar-refractivity contribution >= 4 is 29.1 Å². The van der Waals surface area contributed by atoms with E-state index in [2.05, 4.69) is 5.32 Å². The zero-order chi connectivity index (χ0) is 14.6. The van der Waals surface area contributed by atoms with Crippen molar-refractivity contribution in [1.29, 1.82) is 0 Å². The molecule has 1 atom stereocenters. The molecule has 0 saturated heterocycles. The Balaban J connectivity index is 2.66. The number of halogens is 2. The first kappa shape index (κ1) is 16.3. The zero-order valence-electron chi connectivity index (χ0n) is 11.3. The van der Waals surface area contributed by atoms with Gasteiger partial charge in [0.1, 0.15) is 0 Å². The fraction of sp³-hybridized carbons (Fsp3) is 0.500. The molecule has 0 aliphatic carbocycles. The normalized spacial score (nSPS) is 13.2. The van der Waals surface area contributed by atoms with Crippen molar-refractivity contribution < 1.29 is 9.90 Å². The van der Waals surface area contributed by atoms with Crippen LogP contribution in [0.3, 0.4) is 0 Å². The molecule has 5 heteroatoms. The van der Waals surface area contributed by atoms with Crippen molar-refractivity contribution in [2.24, 2.45) is 5.41 Å². The fourth-order valence-electron chi connectivity index (χ4n) is 1.47. The molecule has 3 nitrogen and oxygen atoms in total. The van der Waals surface area contributed by atoms with Gasteiger partial charge in [-0.2, -0.15) is 0 Å². The van der Waals surface area contributed by atoms with Crippen molar-refractivity contribution in [1.82, 2.24) is 5.32 Å². The second-order valence-corrected chi connectivity index (χ2v) is 5.97. The number of amides is 1. The third kappa shape index (κ3) is 4.37. The number of hydrogen-bond donors (Lipinski definition) is 2. The van der Waals surface area contributed by atoms with Gasteiger partial charge in [0, 0.05) is 27.6 Å².